The van der Waals surface area contributed by atoms with Gasteiger partial charge in [-0.2, -0.15) is 0 Å². The number of rotatable bonds is 0. The van der Waals surface area contributed by atoms with E-state index in [1.54, 1.807) is 0 Å². The van der Waals surface area contributed by atoms with Crippen molar-refractivity contribution in [2.24, 2.45) is 0 Å². The third-order valence-corrected chi connectivity index (χ3v) is 1.24. The summed E-state index contributed by atoms with van der Waals surface area (Å²) in [4.78, 5) is 0. The molecule has 1 aliphatic heterocycles. The van der Waals surface area contributed by atoms with Gasteiger partial charge in [-0.25, -0.2) is 4.39 Å². The van der Waals surface area contributed by atoms with Crippen molar-refractivity contribution in [3.05, 3.63) is 0 Å². The van der Waals surface area contributed by atoms with Gasteiger partial charge < -0.3 is 10.6 Å². The average Bonchev–Trinajstić information content (AvgIpc) is 2.11. The van der Waals surface area contributed by atoms with Gasteiger partial charge in [-0.15, -0.1) is 0 Å². The summed E-state index contributed by atoms with van der Waals surface area (Å²) >= 11 is 0. The monoisotopic (exact) mass is 178 g/mol. The fourth-order valence-electron chi connectivity index (χ4n) is 0.809. The van der Waals surface area contributed by atoms with Gasteiger partial charge in [0, 0.05) is 6.54 Å². The Bertz CT molecular complexity index is 63.5. The number of halogens is 1. The molecule has 0 amide bonds. The van der Waals surface area contributed by atoms with E-state index in [4.69, 9.17) is 0 Å². The summed E-state index contributed by atoms with van der Waals surface area (Å²) in [5, 5.41) is 5.71. The molecule has 1 fully saturated rings. The molecule has 0 aromatic carbocycles. The van der Waals surface area contributed by atoms with Crippen LogP contribution in [0.2, 0.25) is 0 Å². The van der Waals surface area contributed by atoms with Gasteiger partial charge in [0.25, 0.3) is 0 Å². The molecule has 0 aromatic heterocycles. The summed E-state index contributed by atoms with van der Waals surface area (Å²) < 4.78 is 12.1. The zero-order valence-corrected chi connectivity index (χ0v) is 8.78. The molecule has 0 spiro atoms. The van der Waals surface area contributed by atoms with Crippen molar-refractivity contribution in [1.82, 2.24) is 10.6 Å². The van der Waals surface area contributed by atoms with Gasteiger partial charge >= 0.3 is 0 Å². The highest BCUT2D eigenvalue weighted by Gasteiger charge is 2.08. The molecule has 2 nitrogen and oxygen atoms in total. The molecule has 0 aliphatic carbocycles. The third-order valence-electron chi connectivity index (χ3n) is 1.24. The van der Waals surface area contributed by atoms with E-state index >= 15 is 0 Å². The van der Waals surface area contributed by atoms with Crippen molar-refractivity contribution in [3.63, 3.8) is 0 Å². The van der Waals surface area contributed by atoms with Crippen LogP contribution in [0.15, 0.2) is 0 Å². The van der Waals surface area contributed by atoms with Crippen LogP contribution >= 0.6 is 0 Å². The van der Waals surface area contributed by atoms with Crippen LogP contribution in [0.5, 0.6) is 0 Å². The van der Waals surface area contributed by atoms with Crippen LogP contribution in [0.3, 0.4) is 0 Å². The summed E-state index contributed by atoms with van der Waals surface area (Å²) in [6.07, 6.45) is 1.18. The van der Waals surface area contributed by atoms with Crippen LogP contribution in [0.1, 0.15) is 26.7 Å². The molecular weight excluding hydrogens is 155 g/mol. The molecular formula is C9H23FN2. The van der Waals surface area contributed by atoms with Crippen molar-refractivity contribution < 1.29 is 4.39 Å². The molecule has 0 bridgehead atoms. The van der Waals surface area contributed by atoms with E-state index in [-0.39, 0.29) is 0 Å². The maximum absolute atomic E-state index is 12.1. The Morgan fingerprint density at radius 3 is 2.00 bits per heavy atom. The van der Waals surface area contributed by atoms with E-state index in [2.05, 4.69) is 10.6 Å². The lowest BCUT2D eigenvalue weighted by Crippen LogP contribution is -2.30. The topological polar surface area (TPSA) is 24.1 Å². The maximum Gasteiger partial charge on any atom is 0.113 e. The van der Waals surface area contributed by atoms with E-state index in [9.17, 15) is 4.39 Å². The first-order valence-corrected chi connectivity index (χ1v) is 4.74. The minimum Gasteiger partial charge on any atom is -0.323 e. The zero-order chi connectivity index (χ0) is 9.82. The summed E-state index contributed by atoms with van der Waals surface area (Å²) in [5.74, 6) is 0. The van der Waals surface area contributed by atoms with E-state index in [1.807, 2.05) is 27.9 Å². The van der Waals surface area contributed by atoms with Gasteiger partial charge in [0.1, 0.15) is 6.17 Å². The van der Waals surface area contributed by atoms with Gasteiger partial charge in [0.05, 0.1) is 0 Å². The second-order valence-electron chi connectivity index (χ2n) is 2.44. The molecule has 76 valence electrons. The van der Waals surface area contributed by atoms with Crippen LogP contribution < -0.4 is 10.6 Å². The molecule has 0 saturated carbocycles. The summed E-state index contributed by atoms with van der Waals surface area (Å²) in [6, 6.07) is 0. The SMILES string of the molecule is CC.CNC.FC1CCCNC1. The Morgan fingerprint density at radius 2 is 1.83 bits per heavy atom. The highest BCUT2D eigenvalue weighted by atomic mass is 19.1. The van der Waals surface area contributed by atoms with Gasteiger partial charge in [0.2, 0.25) is 0 Å². The van der Waals surface area contributed by atoms with Crippen molar-refractivity contribution in [2.45, 2.75) is 32.9 Å². The Hall–Kier alpha value is -0.150. The van der Waals surface area contributed by atoms with Crippen LogP contribution in [-0.4, -0.2) is 33.4 Å². The molecule has 1 rings (SSSR count). The van der Waals surface area contributed by atoms with Crippen LogP contribution in [0.25, 0.3) is 0 Å². The van der Waals surface area contributed by atoms with E-state index < -0.39 is 6.17 Å². The number of hydrogen-bond acceptors (Lipinski definition) is 2. The van der Waals surface area contributed by atoms with Crippen LogP contribution in [0.4, 0.5) is 4.39 Å². The first-order valence-electron chi connectivity index (χ1n) is 4.74. The lowest BCUT2D eigenvalue weighted by molar-refractivity contribution is 0.266. The fraction of sp³-hybridized carbons (Fsp3) is 1.00. The molecule has 3 heteroatoms. The normalized spacial score (nSPS) is 21.2. The highest BCUT2D eigenvalue weighted by molar-refractivity contribution is 4.66. The highest BCUT2D eigenvalue weighted by Crippen LogP contribution is 2.03. The minimum atomic E-state index is -0.575. The smallest absolute Gasteiger partial charge is 0.113 e. The average molecular weight is 178 g/mol. The molecule has 1 atom stereocenters. The predicted octanol–water partition coefficient (Wildman–Crippen LogP) is 1.57. The van der Waals surface area contributed by atoms with Crippen LogP contribution in [0, 0.1) is 0 Å². The molecule has 1 saturated heterocycles. The fourth-order valence-corrected chi connectivity index (χ4v) is 0.809. The Balaban J connectivity index is 0. The molecule has 1 unspecified atom stereocenters. The van der Waals surface area contributed by atoms with Gasteiger partial charge in [-0.3, -0.25) is 0 Å². The third kappa shape index (κ3) is 12.5. The first-order chi connectivity index (χ1) is 5.81. The lowest BCUT2D eigenvalue weighted by Gasteiger charge is -2.14. The first kappa shape index (κ1) is 14.4. The molecule has 1 heterocycles. The zero-order valence-electron chi connectivity index (χ0n) is 8.78. The standard InChI is InChI=1S/C5H10FN.C2H7N.C2H6/c6-5-2-1-3-7-4-5;1-3-2;1-2/h5,7H,1-4H2;3H,1-2H3;1-2H3. The molecule has 12 heavy (non-hydrogen) atoms. The van der Waals surface area contributed by atoms with E-state index in [0.29, 0.717) is 6.54 Å². The van der Waals surface area contributed by atoms with Gasteiger partial charge in [-0.05, 0) is 33.5 Å². The Labute approximate surface area is 75.9 Å². The number of piperidine rings is 1. The van der Waals surface area contributed by atoms with Crippen molar-refractivity contribution in [1.29, 1.82) is 0 Å². The number of nitrogens with one attached hydrogen (secondary N) is 2. The minimum absolute atomic E-state index is 0.569. The number of hydrogen-bond donors (Lipinski definition) is 2. The summed E-state index contributed by atoms with van der Waals surface area (Å²) in [5.41, 5.74) is 0. The van der Waals surface area contributed by atoms with E-state index in [1.165, 1.54) is 0 Å². The Morgan fingerprint density at radius 1 is 1.33 bits per heavy atom. The van der Waals surface area contributed by atoms with E-state index in [0.717, 1.165) is 19.4 Å². The second-order valence-corrected chi connectivity index (χ2v) is 2.44. The molecule has 0 radical (unpaired) electrons. The maximum atomic E-state index is 12.1. The van der Waals surface area contributed by atoms with Crippen molar-refractivity contribution in [3.8, 4) is 0 Å². The molecule has 1 aliphatic rings. The lowest BCUT2D eigenvalue weighted by atomic mass is 10.1. The van der Waals surface area contributed by atoms with Crippen molar-refractivity contribution >= 4 is 0 Å². The predicted molar refractivity (Wildman–Crippen MR) is 53.3 cm³/mol. The quantitative estimate of drug-likeness (QED) is 0.588. The number of alkyl halides is 1. The largest absolute Gasteiger partial charge is 0.323 e. The second kappa shape index (κ2) is 13.4. The van der Waals surface area contributed by atoms with Gasteiger partial charge in [0.15, 0.2) is 0 Å². The Kier molecular flexibility index (Phi) is 16.1. The van der Waals surface area contributed by atoms with Crippen molar-refractivity contribution in [2.75, 3.05) is 27.2 Å². The molecule has 2 N–H and O–H groups in total. The summed E-state index contributed by atoms with van der Waals surface area (Å²) in [6.45, 7) is 5.57. The van der Waals surface area contributed by atoms with Gasteiger partial charge in [-0.1, -0.05) is 13.8 Å². The summed E-state index contributed by atoms with van der Waals surface area (Å²) in [7, 11) is 3.75. The van der Waals surface area contributed by atoms with Crippen LogP contribution in [-0.2, 0) is 0 Å². The molecule has 0 aromatic rings.